The van der Waals surface area contributed by atoms with Crippen molar-refractivity contribution >= 4 is 23.1 Å². The molecule has 0 unspecified atom stereocenters. The number of nitrogens with one attached hydrogen (secondary N) is 2. The lowest BCUT2D eigenvalue weighted by Crippen LogP contribution is -2.04. The first-order valence-corrected chi connectivity index (χ1v) is 7.00. The molecule has 0 aliphatic heterocycles. The van der Waals surface area contributed by atoms with E-state index in [-0.39, 0.29) is 5.69 Å². The van der Waals surface area contributed by atoms with Gasteiger partial charge in [-0.25, -0.2) is 13.8 Å². The molecule has 0 radical (unpaired) electrons. The minimum atomic E-state index is -0.682. The third-order valence-corrected chi connectivity index (χ3v) is 3.10. The zero-order chi connectivity index (χ0) is 16.2. The molecule has 0 fully saturated rings. The van der Waals surface area contributed by atoms with Crippen molar-refractivity contribution in [1.82, 2.24) is 9.97 Å². The smallest absolute Gasteiger partial charge is 0.229 e. The molecule has 3 aromatic rings. The van der Waals surface area contributed by atoms with Gasteiger partial charge in [0.1, 0.15) is 23.1 Å². The van der Waals surface area contributed by atoms with E-state index in [0.29, 0.717) is 17.5 Å². The molecule has 0 spiro atoms. The van der Waals surface area contributed by atoms with Crippen molar-refractivity contribution in [2.24, 2.45) is 0 Å². The third-order valence-electron chi connectivity index (χ3n) is 3.10. The number of benzene rings is 2. The highest BCUT2D eigenvalue weighted by atomic mass is 19.1. The molecule has 0 bridgehead atoms. The van der Waals surface area contributed by atoms with Crippen LogP contribution >= 0.6 is 0 Å². The Bertz CT molecular complexity index is 802. The van der Waals surface area contributed by atoms with Crippen molar-refractivity contribution in [3.8, 4) is 0 Å². The molecular formula is C17H14F2N4. The number of para-hydroxylation sites is 2. The minimum Gasteiger partial charge on any atom is -0.335 e. The average molecular weight is 312 g/mol. The van der Waals surface area contributed by atoms with Gasteiger partial charge in [-0.2, -0.15) is 4.98 Å². The van der Waals surface area contributed by atoms with E-state index < -0.39 is 11.6 Å². The number of hydrogen-bond acceptors (Lipinski definition) is 4. The van der Waals surface area contributed by atoms with E-state index in [1.807, 2.05) is 30.3 Å². The van der Waals surface area contributed by atoms with Gasteiger partial charge < -0.3 is 10.6 Å². The van der Waals surface area contributed by atoms with Gasteiger partial charge in [0, 0.05) is 17.4 Å². The van der Waals surface area contributed by atoms with Gasteiger partial charge in [-0.05, 0) is 31.2 Å². The maximum absolute atomic E-state index is 13.7. The Morgan fingerprint density at radius 2 is 1.52 bits per heavy atom. The summed E-state index contributed by atoms with van der Waals surface area (Å²) in [5.41, 5.74) is 1.25. The summed E-state index contributed by atoms with van der Waals surface area (Å²) in [5, 5.41) is 5.72. The normalized spacial score (nSPS) is 10.4. The van der Waals surface area contributed by atoms with Crippen LogP contribution in [0.5, 0.6) is 0 Å². The van der Waals surface area contributed by atoms with Crippen LogP contribution in [0.3, 0.4) is 0 Å². The van der Waals surface area contributed by atoms with E-state index in [0.717, 1.165) is 5.69 Å². The molecule has 0 aliphatic rings. The van der Waals surface area contributed by atoms with Crippen LogP contribution in [0, 0.1) is 18.6 Å². The van der Waals surface area contributed by atoms with Crippen LogP contribution in [0.4, 0.5) is 31.9 Å². The number of aromatic nitrogens is 2. The van der Waals surface area contributed by atoms with Gasteiger partial charge in [-0.1, -0.05) is 24.3 Å². The molecule has 0 saturated carbocycles. The Hall–Kier alpha value is -3.02. The fourth-order valence-corrected chi connectivity index (χ4v) is 2.08. The van der Waals surface area contributed by atoms with E-state index in [1.54, 1.807) is 13.0 Å². The van der Waals surface area contributed by atoms with Crippen molar-refractivity contribution in [1.29, 1.82) is 0 Å². The summed E-state index contributed by atoms with van der Waals surface area (Å²) < 4.78 is 27.4. The van der Waals surface area contributed by atoms with E-state index in [2.05, 4.69) is 20.6 Å². The Morgan fingerprint density at radius 3 is 2.22 bits per heavy atom. The van der Waals surface area contributed by atoms with Gasteiger partial charge in [-0.3, -0.25) is 0 Å². The van der Waals surface area contributed by atoms with E-state index in [1.165, 1.54) is 18.2 Å². The summed E-state index contributed by atoms with van der Waals surface area (Å²) >= 11 is 0. The van der Waals surface area contributed by atoms with Crippen LogP contribution in [-0.2, 0) is 0 Å². The SMILES string of the molecule is Cc1cc(Nc2c(F)cccc2F)nc(Nc2ccccc2)n1. The molecule has 4 nitrogen and oxygen atoms in total. The van der Waals surface area contributed by atoms with Gasteiger partial charge in [-0.15, -0.1) is 0 Å². The quantitative estimate of drug-likeness (QED) is 0.742. The molecule has 2 N–H and O–H groups in total. The summed E-state index contributed by atoms with van der Waals surface area (Å²) in [5.74, 6) is -0.715. The number of aryl methyl sites for hydroxylation is 1. The van der Waals surface area contributed by atoms with Crippen molar-refractivity contribution in [3.63, 3.8) is 0 Å². The Morgan fingerprint density at radius 1 is 0.826 bits per heavy atom. The Kier molecular flexibility index (Phi) is 4.14. The lowest BCUT2D eigenvalue weighted by molar-refractivity contribution is 0.590. The van der Waals surface area contributed by atoms with Gasteiger partial charge in [0.05, 0.1) is 0 Å². The fraction of sp³-hybridized carbons (Fsp3) is 0.0588. The molecule has 0 amide bonds. The first kappa shape index (κ1) is 14.9. The Labute approximate surface area is 132 Å². The molecule has 6 heteroatoms. The van der Waals surface area contributed by atoms with Gasteiger partial charge >= 0.3 is 0 Å². The highest BCUT2D eigenvalue weighted by Crippen LogP contribution is 2.23. The van der Waals surface area contributed by atoms with Gasteiger partial charge in [0.25, 0.3) is 0 Å². The molecule has 1 heterocycles. The Balaban J connectivity index is 1.89. The molecule has 0 aliphatic carbocycles. The predicted molar refractivity (Wildman–Crippen MR) is 86.1 cm³/mol. The topological polar surface area (TPSA) is 49.8 Å². The second kappa shape index (κ2) is 6.39. The highest BCUT2D eigenvalue weighted by Gasteiger charge is 2.10. The van der Waals surface area contributed by atoms with Crippen LogP contribution < -0.4 is 10.6 Å². The van der Waals surface area contributed by atoms with Crippen molar-refractivity contribution in [2.75, 3.05) is 10.6 Å². The molecule has 2 aromatic carbocycles. The number of halogens is 2. The van der Waals surface area contributed by atoms with Crippen LogP contribution in [0.15, 0.2) is 54.6 Å². The van der Waals surface area contributed by atoms with Crippen LogP contribution in [0.2, 0.25) is 0 Å². The third kappa shape index (κ3) is 3.60. The summed E-state index contributed by atoms with van der Waals surface area (Å²) in [6.45, 7) is 1.78. The first-order valence-electron chi connectivity index (χ1n) is 7.00. The maximum Gasteiger partial charge on any atom is 0.229 e. The van der Waals surface area contributed by atoms with Crippen molar-refractivity contribution < 1.29 is 8.78 Å². The lowest BCUT2D eigenvalue weighted by atomic mass is 10.3. The average Bonchev–Trinajstić information content (AvgIpc) is 2.51. The molecule has 23 heavy (non-hydrogen) atoms. The van der Waals surface area contributed by atoms with E-state index >= 15 is 0 Å². The van der Waals surface area contributed by atoms with Crippen molar-refractivity contribution in [2.45, 2.75) is 6.92 Å². The van der Waals surface area contributed by atoms with Crippen molar-refractivity contribution in [3.05, 3.63) is 71.9 Å². The minimum absolute atomic E-state index is 0.240. The highest BCUT2D eigenvalue weighted by molar-refractivity contribution is 5.61. The summed E-state index contributed by atoms with van der Waals surface area (Å²) in [7, 11) is 0. The van der Waals surface area contributed by atoms with Crippen LogP contribution in [-0.4, -0.2) is 9.97 Å². The van der Waals surface area contributed by atoms with Gasteiger partial charge in [0.2, 0.25) is 5.95 Å². The standard InChI is InChI=1S/C17H14F2N4/c1-11-10-15(22-16-13(18)8-5-9-14(16)19)23-17(20-11)21-12-6-3-2-4-7-12/h2-10H,1H3,(H2,20,21,22,23). The van der Waals surface area contributed by atoms with Gasteiger partial charge in [0.15, 0.2) is 0 Å². The largest absolute Gasteiger partial charge is 0.335 e. The van der Waals surface area contributed by atoms with Crippen LogP contribution in [0.1, 0.15) is 5.69 Å². The number of nitrogens with zero attached hydrogens (tertiary/aromatic N) is 2. The molecule has 0 atom stereocenters. The molecule has 0 saturated heterocycles. The zero-order valence-corrected chi connectivity index (χ0v) is 12.3. The molecular weight excluding hydrogens is 298 g/mol. The van der Waals surface area contributed by atoms with E-state index in [9.17, 15) is 8.78 Å². The summed E-state index contributed by atoms with van der Waals surface area (Å²) in [6, 6.07) is 14.7. The first-order chi connectivity index (χ1) is 11.1. The number of rotatable bonds is 4. The summed E-state index contributed by atoms with van der Waals surface area (Å²) in [6.07, 6.45) is 0. The second-order valence-electron chi connectivity index (χ2n) is 4.93. The fourth-order valence-electron chi connectivity index (χ4n) is 2.08. The lowest BCUT2D eigenvalue weighted by Gasteiger charge is -2.11. The zero-order valence-electron chi connectivity index (χ0n) is 12.3. The second-order valence-corrected chi connectivity index (χ2v) is 4.93. The molecule has 3 rings (SSSR count). The predicted octanol–water partition coefficient (Wildman–Crippen LogP) is 4.55. The van der Waals surface area contributed by atoms with Crippen LogP contribution in [0.25, 0.3) is 0 Å². The molecule has 1 aromatic heterocycles. The monoisotopic (exact) mass is 312 g/mol. The maximum atomic E-state index is 13.7. The molecule has 116 valence electrons. The number of hydrogen-bond donors (Lipinski definition) is 2. The number of anilines is 4. The summed E-state index contributed by atoms with van der Waals surface area (Å²) in [4.78, 5) is 8.51. The van der Waals surface area contributed by atoms with E-state index in [4.69, 9.17) is 0 Å².